The van der Waals surface area contributed by atoms with Gasteiger partial charge in [-0.05, 0) is 52.4 Å². The highest BCUT2D eigenvalue weighted by Gasteiger charge is 2.12. The normalized spacial score (nSPS) is 9.85. The molecule has 0 aliphatic rings. The first-order chi connectivity index (χ1) is 9.65. The maximum absolute atomic E-state index is 11.7. The third kappa shape index (κ3) is 4.34. The molecule has 20 heavy (non-hydrogen) atoms. The van der Waals surface area contributed by atoms with Crippen molar-refractivity contribution in [1.29, 1.82) is 0 Å². The van der Waals surface area contributed by atoms with E-state index in [-0.39, 0.29) is 0 Å². The fourth-order valence-electron chi connectivity index (χ4n) is 1.58. The molecule has 102 valence electrons. The van der Waals surface area contributed by atoms with Crippen LogP contribution < -0.4 is 10.6 Å². The third-order valence-electron chi connectivity index (χ3n) is 2.60. The fraction of sp³-hybridized carbons (Fsp3) is 0.0667. The van der Waals surface area contributed by atoms with Gasteiger partial charge in [-0.25, -0.2) is 0 Å². The number of nitrogens with one attached hydrogen (secondary N) is 2. The van der Waals surface area contributed by atoms with Gasteiger partial charge in [-0.15, -0.1) is 0 Å². The second kappa shape index (κ2) is 7.04. The Hall–Kier alpha value is -1.89. The van der Waals surface area contributed by atoms with Gasteiger partial charge in [0.05, 0.1) is 0 Å². The van der Waals surface area contributed by atoms with E-state index in [9.17, 15) is 9.59 Å². The first-order valence-electron chi connectivity index (χ1n) is 6.04. The van der Waals surface area contributed by atoms with Gasteiger partial charge in [-0.3, -0.25) is 9.59 Å². The van der Waals surface area contributed by atoms with Gasteiger partial charge in [-0.1, -0.05) is 30.3 Å². The highest BCUT2D eigenvalue weighted by molar-refractivity contribution is 14.1. The minimum absolute atomic E-state index is 0.333. The number of carbonyl (C=O) groups is 2. The van der Waals surface area contributed by atoms with Crippen LogP contribution in [0.5, 0.6) is 0 Å². The quantitative estimate of drug-likeness (QED) is 0.635. The SMILES string of the molecule is O=C(NCc1ccccc1)C(=O)Nc1ccc(I)cc1. The third-order valence-corrected chi connectivity index (χ3v) is 3.32. The van der Waals surface area contributed by atoms with Crippen molar-refractivity contribution in [1.82, 2.24) is 5.32 Å². The van der Waals surface area contributed by atoms with Crippen molar-refractivity contribution < 1.29 is 9.59 Å². The Morgan fingerprint density at radius 3 is 2.20 bits per heavy atom. The largest absolute Gasteiger partial charge is 0.344 e. The van der Waals surface area contributed by atoms with Crippen molar-refractivity contribution in [3.05, 3.63) is 63.7 Å². The number of anilines is 1. The Bertz CT molecular complexity index is 597. The lowest BCUT2D eigenvalue weighted by atomic mass is 10.2. The van der Waals surface area contributed by atoms with E-state index in [0.29, 0.717) is 12.2 Å². The van der Waals surface area contributed by atoms with E-state index in [1.54, 1.807) is 12.1 Å². The molecule has 0 spiro atoms. The summed E-state index contributed by atoms with van der Waals surface area (Å²) in [6.07, 6.45) is 0. The standard InChI is InChI=1S/C15H13IN2O2/c16-12-6-8-13(9-7-12)18-15(20)14(19)17-10-11-4-2-1-3-5-11/h1-9H,10H2,(H,17,19)(H,18,20). The number of halogens is 1. The van der Waals surface area contributed by atoms with Gasteiger partial charge in [0, 0.05) is 15.8 Å². The summed E-state index contributed by atoms with van der Waals surface area (Å²) in [4.78, 5) is 23.4. The van der Waals surface area contributed by atoms with Crippen molar-refractivity contribution >= 4 is 40.1 Å². The Labute approximate surface area is 130 Å². The van der Waals surface area contributed by atoms with Crippen molar-refractivity contribution in [2.75, 3.05) is 5.32 Å². The average Bonchev–Trinajstić information content (AvgIpc) is 2.48. The lowest BCUT2D eigenvalue weighted by Crippen LogP contribution is -2.34. The molecular weight excluding hydrogens is 367 g/mol. The molecule has 0 atom stereocenters. The van der Waals surface area contributed by atoms with Crippen LogP contribution >= 0.6 is 22.6 Å². The molecule has 2 aromatic carbocycles. The van der Waals surface area contributed by atoms with Crippen molar-refractivity contribution in [2.24, 2.45) is 0 Å². The smallest absolute Gasteiger partial charge is 0.313 e. The molecule has 0 aliphatic heterocycles. The number of carbonyl (C=O) groups excluding carboxylic acids is 2. The van der Waals surface area contributed by atoms with Crippen molar-refractivity contribution in [2.45, 2.75) is 6.54 Å². The molecule has 2 rings (SSSR count). The van der Waals surface area contributed by atoms with Gasteiger partial charge in [0.1, 0.15) is 0 Å². The summed E-state index contributed by atoms with van der Waals surface area (Å²) in [5.74, 6) is -1.31. The zero-order valence-corrected chi connectivity index (χ0v) is 12.8. The van der Waals surface area contributed by atoms with Crippen LogP contribution in [0.1, 0.15) is 5.56 Å². The van der Waals surface area contributed by atoms with Crippen LogP contribution in [0.15, 0.2) is 54.6 Å². The Kier molecular flexibility index (Phi) is 5.11. The topological polar surface area (TPSA) is 58.2 Å². The van der Waals surface area contributed by atoms with E-state index in [1.807, 2.05) is 42.5 Å². The Balaban J connectivity index is 1.86. The van der Waals surface area contributed by atoms with Gasteiger partial charge in [0.15, 0.2) is 0 Å². The minimum atomic E-state index is -0.665. The van der Waals surface area contributed by atoms with Gasteiger partial charge < -0.3 is 10.6 Å². The number of hydrogen-bond acceptors (Lipinski definition) is 2. The second-order valence-corrected chi connectivity index (χ2v) is 5.37. The fourth-order valence-corrected chi connectivity index (χ4v) is 1.94. The van der Waals surface area contributed by atoms with E-state index in [2.05, 4.69) is 33.2 Å². The van der Waals surface area contributed by atoms with E-state index in [0.717, 1.165) is 9.13 Å². The molecule has 0 aliphatic carbocycles. The predicted molar refractivity (Wildman–Crippen MR) is 86.1 cm³/mol. The summed E-state index contributed by atoms with van der Waals surface area (Å²) in [6, 6.07) is 16.7. The van der Waals surface area contributed by atoms with Crippen LogP contribution in [-0.4, -0.2) is 11.8 Å². The van der Waals surface area contributed by atoms with E-state index < -0.39 is 11.8 Å². The number of hydrogen-bond donors (Lipinski definition) is 2. The molecule has 0 unspecified atom stereocenters. The van der Waals surface area contributed by atoms with Crippen LogP contribution in [0.3, 0.4) is 0 Å². The molecule has 0 aromatic heterocycles. The van der Waals surface area contributed by atoms with Crippen molar-refractivity contribution in [3.63, 3.8) is 0 Å². The first kappa shape index (κ1) is 14.5. The highest BCUT2D eigenvalue weighted by atomic mass is 127. The van der Waals surface area contributed by atoms with Gasteiger partial charge in [0.25, 0.3) is 0 Å². The summed E-state index contributed by atoms with van der Waals surface area (Å²) in [6.45, 7) is 0.333. The molecular formula is C15H13IN2O2. The van der Waals surface area contributed by atoms with Crippen LogP contribution in [-0.2, 0) is 16.1 Å². The molecule has 0 saturated heterocycles. The Morgan fingerprint density at radius 1 is 0.900 bits per heavy atom. The maximum atomic E-state index is 11.7. The van der Waals surface area contributed by atoms with Crippen LogP contribution in [0.25, 0.3) is 0 Å². The Morgan fingerprint density at radius 2 is 1.55 bits per heavy atom. The molecule has 2 N–H and O–H groups in total. The van der Waals surface area contributed by atoms with Gasteiger partial charge in [0.2, 0.25) is 0 Å². The average molecular weight is 380 g/mol. The summed E-state index contributed by atoms with van der Waals surface area (Å²) in [5, 5.41) is 5.13. The first-order valence-corrected chi connectivity index (χ1v) is 7.12. The summed E-state index contributed by atoms with van der Waals surface area (Å²) in [5.41, 5.74) is 1.55. The summed E-state index contributed by atoms with van der Waals surface area (Å²) < 4.78 is 1.06. The van der Waals surface area contributed by atoms with Crippen LogP contribution in [0.4, 0.5) is 5.69 Å². The molecule has 5 heteroatoms. The van der Waals surface area contributed by atoms with Crippen molar-refractivity contribution in [3.8, 4) is 0 Å². The molecule has 0 bridgehead atoms. The lowest BCUT2D eigenvalue weighted by Gasteiger charge is -2.06. The maximum Gasteiger partial charge on any atom is 0.313 e. The van der Waals surface area contributed by atoms with Crippen LogP contribution in [0.2, 0.25) is 0 Å². The van der Waals surface area contributed by atoms with E-state index in [1.165, 1.54) is 0 Å². The van der Waals surface area contributed by atoms with Crippen LogP contribution in [0, 0.1) is 3.57 Å². The number of rotatable bonds is 3. The highest BCUT2D eigenvalue weighted by Crippen LogP contribution is 2.10. The molecule has 0 heterocycles. The molecule has 4 nitrogen and oxygen atoms in total. The molecule has 0 fully saturated rings. The molecule has 0 radical (unpaired) electrons. The minimum Gasteiger partial charge on any atom is -0.344 e. The molecule has 0 saturated carbocycles. The van der Waals surface area contributed by atoms with E-state index >= 15 is 0 Å². The van der Waals surface area contributed by atoms with Gasteiger partial charge in [-0.2, -0.15) is 0 Å². The monoisotopic (exact) mass is 380 g/mol. The second-order valence-electron chi connectivity index (χ2n) is 4.13. The summed E-state index contributed by atoms with van der Waals surface area (Å²) >= 11 is 2.17. The number of amides is 2. The van der Waals surface area contributed by atoms with E-state index in [4.69, 9.17) is 0 Å². The predicted octanol–water partition coefficient (Wildman–Crippen LogP) is 2.55. The lowest BCUT2D eigenvalue weighted by molar-refractivity contribution is -0.136. The summed E-state index contributed by atoms with van der Waals surface area (Å²) in [7, 11) is 0. The molecule has 2 aromatic rings. The molecule has 2 amide bonds. The zero-order chi connectivity index (χ0) is 14.4. The number of benzene rings is 2. The van der Waals surface area contributed by atoms with Gasteiger partial charge >= 0.3 is 11.8 Å². The zero-order valence-electron chi connectivity index (χ0n) is 10.6.